The van der Waals surface area contributed by atoms with E-state index in [4.69, 9.17) is 0 Å². The molecule has 1 saturated carbocycles. The lowest BCUT2D eigenvalue weighted by atomic mass is 10.1. The number of nitrogens with zero attached hydrogens (tertiary/aromatic N) is 3. The van der Waals surface area contributed by atoms with Crippen molar-refractivity contribution in [1.29, 1.82) is 0 Å². The van der Waals surface area contributed by atoms with Gasteiger partial charge in [-0.15, -0.1) is 0 Å². The minimum absolute atomic E-state index is 0.122. The molecule has 0 unspecified atom stereocenters. The van der Waals surface area contributed by atoms with Gasteiger partial charge in [0.1, 0.15) is 0 Å². The van der Waals surface area contributed by atoms with Crippen LogP contribution in [0.25, 0.3) is 0 Å². The van der Waals surface area contributed by atoms with E-state index in [1.165, 1.54) is 32.1 Å². The van der Waals surface area contributed by atoms with Crippen molar-refractivity contribution in [2.45, 2.75) is 44.9 Å². The van der Waals surface area contributed by atoms with Crippen molar-refractivity contribution in [2.24, 2.45) is 5.92 Å². The average molecular weight is 274 g/mol. The normalized spacial score (nSPS) is 20.1. The molecule has 1 aliphatic heterocycles. The van der Waals surface area contributed by atoms with Crippen LogP contribution in [0.1, 0.15) is 44.9 Å². The highest BCUT2D eigenvalue weighted by Crippen LogP contribution is 2.26. The van der Waals surface area contributed by atoms with Gasteiger partial charge in [0.15, 0.2) is 0 Å². The first-order valence-electron chi connectivity index (χ1n) is 7.71. The monoisotopic (exact) mass is 274 g/mol. The molecule has 0 radical (unpaired) electrons. The second kappa shape index (κ2) is 6.20. The lowest BCUT2D eigenvalue weighted by Crippen LogP contribution is -2.31. The molecular weight excluding hydrogens is 252 g/mol. The summed E-state index contributed by atoms with van der Waals surface area (Å²) in [4.78, 5) is 23.0. The van der Waals surface area contributed by atoms with Gasteiger partial charge >= 0.3 is 0 Å². The van der Waals surface area contributed by atoms with Crippen LogP contribution < -0.4 is 10.2 Å². The van der Waals surface area contributed by atoms with Crippen LogP contribution in [0.4, 0.5) is 11.6 Å². The third kappa shape index (κ3) is 3.08. The Morgan fingerprint density at radius 2 is 1.70 bits per heavy atom. The third-order valence-electron chi connectivity index (χ3n) is 4.27. The summed E-state index contributed by atoms with van der Waals surface area (Å²) < 4.78 is 0. The first-order chi connectivity index (χ1) is 9.83. The predicted molar refractivity (Wildman–Crippen MR) is 78.7 cm³/mol. The summed E-state index contributed by atoms with van der Waals surface area (Å²) in [6.45, 7) is 2.07. The SMILES string of the molecule is O=C(Nc1cnc(N2CCCCC2)nc1)C1CCCC1. The summed E-state index contributed by atoms with van der Waals surface area (Å²) in [6, 6.07) is 0. The smallest absolute Gasteiger partial charge is 0.227 e. The van der Waals surface area contributed by atoms with E-state index in [0.29, 0.717) is 5.69 Å². The van der Waals surface area contributed by atoms with Gasteiger partial charge in [-0.05, 0) is 32.1 Å². The molecule has 2 fully saturated rings. The largest absolute Gasteiger partial charge is 0.341 e. The highest BCUT2D eigenvalue weighted by molar-refractivity contribution is 5.92. The molecule has 0 bridgehead atoms. The van der Waals surface area contributed by atoms with Gasteiger partial charge in [-0.25, -0.2) is 9.97 Å². The molecule has 1 saturated heterocycles. The predicted octanol–water partition coefficient (Wildman–Crippen LogP) is 2.60. The summed E-state index contributed by atoms with van der Waals surface area (Å²) in [7, 11) is 0. The van der Waals surface area contributed by atoms with E-state index in [9.17, 15) is 4.79 Å². The average Bonchev–Trinajstić information content (AvgIpc) is 3.03. The Morgan fingerprint density at radius 3 is 2.35 bits per heavy atom. The minimum atomic E-state index is 0.122. The quantitative estimate of drug-likeness (QED) is 0.920. The van der Waals surface area contributed by atoms with Gasteiger partial charge in [0.25, 0.3) is 0 Å². The fourth-order valence-corrected chi connectivity index (χ4v) is 3.08. The fourth-order valence-electron chi connectivity index (χ4n) is 3.08. The van der Waals surface area contributed by atoms with Gasteiger partial charge in [0.05, 0.1) is 18.1 Å². The number of carbonyl (C=O) groups excluding carboxylic acids is 1. The molecule has 108 valence electrons. The maximum absolute atomic E-state index is 12.0. The minimum Gasteiger partial charge on any atom is -0.341 e. The van der Waals surface area contributed by atoms with Crippen molar-refractivity contribution in [3.8, 4) is 0 Å². The molecule has 5 nitrogen and oxygen atoms in total. The molecule has 20 heavy (non-hydrogen) atoms. The molecule has 0 spiro atoms. The molecule has 1 N–H and O–H groups in total. The first kappa shape index (κ1) is 13.3. The highest BCUT2D eigenvalue weighted by Gasteiger charge is 2.22. The Labute approximate surface area is 119 Å². The van der Waals surface area contributed by atoms with Crippen molar-refractivity contribution in [2.75, 3.05) is 23.3 Å². The zero-order chi connectivity index (χ0) is 13.8. The Hall–Kier alpha value is -1.65. The molecule has 0 aromatic carbocycles. The van der Waals surface area contributed by atoms with Crippen molar-refractivity contribution in [3.05, 3.63) is 12.4 Å². The third-order valence-corrected chi connectivity index (χ3v) is 4.27. The van der Waals surface area contributed by atoms with Crippen molar-refractivity contribution in [1.82, 2.24) is 9.97 Å². The molecule has 3 rings (SSSR count). The topological polar surface area (TPSA) is 58.1 Å². The molecule has 2 heterocycles. The number of hydrogen-bond acceptors (Lipinski definition) is 4. The summed E-state index contributed by atoms with van der Waals surface area (Å²) in [5.41, 5.74) is 0.711. The Kier molecular flexibility index (Phi) is 4.14. The van der Waals surface area contributed by atoms with Crippen LogP contribution in [0, 0.1) is 5.92 Å². The van der Waals surface area contributed by atoms with Crippen molar-refractivity contribution < 1.29 is 4.79 Å². The first-order valence-corrected chi connectivity index (χ1v) is 7.71. The summed E-state index contributed by atoms with van der Waals surface area (Å²) in [5, 5.41) is 2.93. The van der Waals surface area contributed by atoms with E-state index in [1.54, 1.807) is 12.4 Å². The van der Waals surface area contributed by atoms with E-state index in [0.717, 1.165) is 31.9 Å². The van der Waals surface area contributed by atoms with Gasteiger partial charge in [-0.1, -0.05) is 12.8 Å². The van der Waals surface area contributed by atoms with Crippen LogP contribution >= 0.6 is 0 Å². The van der Waals surface area contributed by atoms with E-state index in [2.05, 4.69) is 20.2 Å². The van der Waals surface area contributed by atoms with Crippen LogP contribution in [0.3, 0.4) is 0 Å². The zero-order valence-corrected chi connectivity index (χ0v) is 11.8. The molecule has 2 aliphatic rings. The standard InChI is InChI=1S/C15H22N4O/c20-14(12-6-2-3-7-12)18-13-10-16-15(17-11-13)19-8-4-1-5-9-19/h10-12H,1-9H2,(H,18,20). The van der Waals surface area contributed by atoms with Crippen LogP contribution in [0.2, 0.25) is 0 Å². The summed E-state index contributed by atoms with van der Waals surface area (Å²) in [6.07, 6.45) is 11.5. The van der Waals surface area contributed by atoms with Crippen LogP contribution in [0.5, 0.6) is 0 Å². The second-order valence-corrected chi connectivity index (χ2v) is 5.79. The van der Waals surface area contributed by atoms with E-state index >= 15 is 0 Å². The Balaban J connectivity index is 1.59. The highest BCUT2D eigenvalue weighted by atomic mass is 16.1. The van der Waals surface area contributed by atoms with Gasteiger partial charge in [-0.2, -0.15) is 0 Å². The molecule has 0 atom stereocenters. The number of piperidine rings is 1. The zero-order valence-electron chi connectivity index (χ0n) is 11.8. The lowest BCUT2D eigenvalue weighted by Gasteiger charge is -2.26. The molecule has 1 aromatic heterocycles. The molecular formula is C15H22N4O. The van der Waals surface area contributed by atoms with E-state index in [1.807, 2.05) is 0 Å². The molecule has 5 heteroatoms. The Morgan fingerprint density at radius 1 is 1.05 bits per heavy atom. The van der Waals surface area contributed by atoms with Gasteiger partial charge in [0, 0.05) is 19.0 Å². The molecule has 1 aromatic rings. The van der Waals surface area contributed by atoms with E-state index < -0.39 is 0 Å². The molecule has 1 amide bonds. The number of carbonyl (C=O) groups is 1. The fraction of sp³-hybridized carbons (Fsp3) is 0.667. The number of anilines is 2. The number of hydrogen-bond donors (Lipinski definition) is 1. The van der Waals surface area contributed by atoms with Crippen molar-refractivity contribution >= 4 is 17.5 Å². The lowest BCUT2D eigenvalue weighted by molar-refractivity contribution is -0.119. The van der Waals surface area contributed by atoms with E-state index in [-0.39, 0.29) is 11.8 Å². The summed E-state index contributed by atoms with van der Waals surface area (Å²) >= 11 is 0. The van der Waals surface area contributed by atoms with Crippen LogP contribution in [-0.4, -0.2) is 29.0 Å². The number of nitrogens with one attached hydrogen (secondary N) is 1. The summed E-state index contributed by atoms with van der Waals surface area (Å²) in [5.74, 6) is 1.08. The van der Waals surface area contributed by atoms with Gasteiger partial charge in [-0.3, -0.25) is 4.79 Å². The van der Waals surface area contributed by atoms with Crippen molar-refractivity contribution in [3.63, 3.8) is 0 Å². The maximum Gasteiger partial charge on any atom is 0.227 e. The van der Waals surface area contributed by atoms with Gasteiger partial charge in [0.2, 0.25) is 11.9 Å². The molecule has 1 aliphatic carbocycles. The number of amides is 1. The van der Waals surface area contributed by atoms with Gasteiger partial charge < -0.3 is 10.2 Å². The number of rotatable bonds is 3. The second-order valence-electron chi connectivity index (χ2n) is 5.79. The maximum atomic E-state index is 12.0. The number of aromatic nitrogens is 2. The van der Waals surface area contributed by atoms with Crippen LogP contribution in [-0.2, 0) is 4.79 Å². The van der Waals surface area contributed by atoms with Crippen LogP contribution in [0.15, 0.2) is 12.4 Å². The Bertz CT molecular complexity index is 447.